The lowest BCUT2D eigenvalue weighted by molar-refractivity contribution is -0.0520. The first-order valence-corrected chi connectivity index (χ1v) is 9.94. The number of hydrogen-bond acceptors (Lipinski definition) is 5. The minimum absolute atomic E-state index is 0. The zero-order valence-corrected chi connectivity index (χ0v) is 20.9. The zero-order chi connectivity index (χ0) is 22.6. The monoisotopic (exact) mass is 565 g/mol. The zero-order valence-electron chi connectivity index (χ0n) is 18.6. The standard InChI is InChI=1S/C22H29F2N3O4.HI/c1-5-25-22(26-13-15-10-11-17(28-3)12-19(15)29-4)27-14-16-8-7-9-18(30-6-2)20(16)31-21(23)24;/h7-12,21H,5-6,13-14H2,1-4H3,(H2,25,26,27);1H. The molecule has 0 heterocycles. The van der Waals surface area contributed by atoms with Crippen molar-refractivity contribution in [2.45, 2.75) is 33.5 Å². The van der Waals surface area contributed by atoms with Crippen LogP contribution in [0.25, 0.3) is 0 Å². The molecule has 0 spiro atoms. The SMILES string of the molecule is CCNC(=NCc1cccc(OCC)c1OC(F)F)NCc1ccc(OC)cc1OC.I. The molecule has 2 N–H and O–H groups in total. The van der Waals surface area contributed by atoms with Crippen molar-refractivity contribution in [1.29, 1.82) is 0 Å². The van der Waals surface area contributed by atoms with E-state index in [0.29, 0.717) is 42.7 Å². The second kappa shape index (κ2) is 14.5. The first kappa shape index (κ1) is 27.5. The van der Waals surface area contributed by atoms with E-state index < -0.39 is 6.61 Å². The van der Waals surface area contributed by atoms with E-state index in [0.717, 1.165) is 5.56 Å². The van der Waals surface area contributed by atoms with Gasteiger partial charge in [-0.3, -0.25) is 0 Å². The Morgan fingerprint density at radius 1 is 1.00 bits per heavy atom. The largest absolute Gasteiger partial charge is 0.497 e. The van der Waals surface area contributed by atoms with Crippen molar-refractivity contribution in [3.8, 4) is 23.0 Å². The topological polar surface area (TPSA) is 73.3 Å². The lowest BCUT2D eigenvalue weighted by Gasteiger charge is -2.16. The highest BCUT2D eigenvalue weighted by Gasteiger charge is 2.16. The van der Waals surface area contributed by atoms with E-state index in [1.165, 1.54) is 0 Å². The number of nitrogens with one attached hydrogen (secondary N) is 2. The molecule has 0 aliphatic carbocycles. The van der Waals surface area contributed by atoms with E-state index in [-0.39, 0.29) is 42.0 Å². The predicted octanol–water partition coefficient (Wildman–Crippen LogP) is 4.58. The molecule has 0 saturated carbocycles. The summed E-state index contributed by atoms with van der Waals surface area (Å²) in [5.74, 6) is 2.15. The summed E-state index contributed by atoms with van der Waals surface area (Å²) in [6, 6.07) is 10.5. The fraction of sp³-hybridized carbons (Fsp3) is 0.409. The number of methoxy groups -OCH3 is 2. The number of aliphatic imine (C=N–C) groups is 1. The minimum Gasteiger partial charge on any atom is -0.497 e. The van der Waals surface area contributed by atoms with Gasteiger partial charge in [-0.1, -0.05) is 12.1 Å². The molecule has 0 atom stereocenters. The highest BCUT2D eigenvalue weighted by atomic mass is 127. The Kier molecular flexibility index (Phi) is 12.5. The molecule has 2 aromatic rings. The maximum atomic E-state index is 12.9. The first-order valence-electron chi connectivity index (χ1n) is 9.94. The van der Waals surface area contributed by atoms with E-state index in [4.69, 9.17) is 18.9 Å². The summed E-state index contributed by atoms with van der Waals surface area (Å²) in [5, 5.41) is 6.35. The van der Waals surface area contributed by atoms with Crippen LogP contribution in [0.15, 0.2) is 41.4 Å². The average Bonchev–Trinajstić information content (AvgIpc) is 2.77. The van der Waals surface area contributed by atoms with Crippen molar-refractivity contribution < 1.29 is 27.7 Å². The molecule has 0 aromatic heterocycles. The third kappa shape index (κ3) is 8.21. The molecule has 0 aliphatic heterocycles. The number of ether oxygens (including phenoxy) is 4. The van der Waals surface area contributed by atoms with Crippen molar-refractivity contribution in [2.24, 2.45) is 4.99 Å². The summed E-state index contributed by atoms with van der Waals surface area (Å²) < 4.78 is 46.6. The fourth-order valence-electron chi connectivity index (χ4n) is 2.86. The summed E-state index contributed by atoms with van der Waals surface area (Å²) in [7, 11) is 3.18. The minimum atomic E-state index is -2.96. The Labute approximate surface area is 204 Å². The molecule has 0 radical (unpaired) electrons. The Morgan fingerprint density at radius 2 is 1.78 bits per heavy atom. The van der Waals surface area contributed by atoms with E-state index in [2.05, 4.69) is 15.6 Å². The van der Waals surface area contributed by atoms with Crippen LogP contribution in [0.5, 0.6) is 23.0 Å². The van der Waals surface area contributed by atoms with E-state index in [9.17, 15) is 8.78 Å². The highest BCUT2D eigenvalue weighted by Crippen LogP contribution is 2.33. The van der Waals surface area contributed by atoms with Gasteiger partial charge in [-0.25, -0.2) is 4.99 Å². The number of benzene rings is 2. The van der Waals surface area contributed by atoms with Crippen LogP contribution in [0, 0.1) is 0 Å². The molecule has 10 heteroatoms. The third-order valence-electron chi connectivity index (χ3n) is 4.26. The van der Waals surface area contributed by atoms with E-state index in [1.54, 1.807) is 45.4 Å². The summed E-state index contributed by atoms with van der Waals surface area (Å²) >= 11 is 0. The maximum Gasteiger partial charge on any atom is 0.387 e. The van der Waals surface area contributed by atoms with Crippen LogP contribution in [0.3, 0.4) is 0 Å². The Morgan fingerprint density at radius 3 is 2.41 bits per heavy atom. The first-order chi connectivity index (χ1) is 15.0. The van der Waals surface area contributed by atoms with Gasteiger partial charge in [0, 0.05) is 30.3 Å². The molecule has 0 aliphatic rings. The highest BCUT2D eigenvalue weighted by molar-refractivity contribution is 14.0. The second-order valence-electron chi connectivity index (χ2n) is 6.28. The summed E-state index contributed by atoms with van der Waals surface area (Å²) in [4.78, 5) is 4.51. The number of hydrogen-bond donors (Lipinski definition) is 2. The van der Waals surface area contributed by atoms with Crippen LogP contribution in [0.2, 0.25) is 0 Å². The van der Waals surface area contributed by atoms with Gasteiger partial charge in [0.1, 0.15) is 11.5 Å². The van der Waals surface area contributed by atoms with Gasteiger partial charge in [-0.15, -0.1) is 24.0 Å². The normalized spacial score (nSPS) is 10.9. The van der Waals surface area contributed by atoms with Gasteiger partial charge in [-0.2, -0.15) is 8.78 Å². The molecule has 0 unspecified atom stereocenters. The molecule has 0 saturated heterocycles. The van der Waals surface area contributed by atoms with Crippen LogP contribution in [0.4, 0.5) is 8.78 Å². The number of nitrogens with zero attached hydrogens (tertiary/aromatic N) is 1. The van der Waals surface area contributed by atoms with Crippen molar-refractivity contribution in [3.05, 3.63) is 47.5 Å². The Hall–Kier alpha value is -2.50. The quantitative estimate of drug-likeness (QED) is 0.236. The van der Waals surface area contributed by atoms with Crippen LogP contribution in [0.1, 0.15) is 25.0 Å². The number of alkyl halides is 2. The molecule has 0 amide bonds. The van der Waals surface area contributed by atoms with Crippen LogP contribution in [-0.4, -0.2) is 39.9 Å². The number of guanidine groups is 1. The summed E-state index contributed by atoms with van der Waals surface area (Å²) in [6.45, 7) is 2.28. The van der Waals surface area contributed by atoms with Gasteiger partial charge in [0.05, 0.1) is 27.4 Å². The maximum absolute atomic E-state index is 12.9. The average molecular weight is 565 g/mol. The van der Waals surface area contributed by atoms with Crippen LogP contribution in [-0.2, 0) is 13.1 Å². The number of halogens is 3. The van der Waals surface area contributed by atoms with Crippen LogP contribution >= 0.6 is 24.0 Å². The van der Waals surface area contributed by atoms with Crippen molar-refractivity contribution in [2.75, 3.05) is 27.4 Å². The Bertz CT molecular complexity index is 869. The van der Waals surface area contributed by atoms with Crippen LogP contribution < -0.4 is 29.6 Å². The number of rotatable bonds is 11. The van der Waals surface area contributed by atoms with Gasteiger partial charge < -0.3 is 29.6 Å². The summed E-state index contributed by atoms with van der Waals surface area (Å²) in [5.41, 5.74) is 1.40. The van der Waals surface area contributed by atoms with Crippen molar-refractivity contribution in [1.82, 2.24) is 10.6 Å². The Balaban J connectivity index is 0.00000512. The lowest BCUT2D eigenvalue weighted by Crippen LogP contribution is -2.36. The molecule has 0 bridgehead atoms. The van der Waals surface area contributed by atoms with Gasteiger partial charge in [0.25, 0.3) is 0 Å². The van der Waals surface area contributed by atoms with Gasteiger partial charge in [-0.05, 0) is 32.0 Å². The fourth-order valence-corrected chi connectivity index (χ4v) is 2.86. The molecule has 32 heavy (non-hydrogen) atoms. The summed E-state index contributed by atoms with van der Waals surface area (Å²) in [6.07, 6.45) is 0. The van der Waals surface area contributed by atoms with Gasteiger partial charge in [0.15, 0.2) is 17.5 Å². The molecule has 0 fully saturated rings. The molecule has 178 valence electrons. The lowest BCUT2D eigenvalue weighted by atomic mass is 10.2. The molecule has 7 nitrogen and oxygen atoms in total. The molecular weight excluding hydrogens is 535 g/mol. The van der Waals surface area contributed by atoms with Crippen molar-refractivity contribution in [3.63, 3.8) is 0 Å². The predicted molar refractivity (Wildman–Crippen MR) is 131 cm³/mol. The van der Waals surface area contributed by atoms with E-state index in [1.807, 2.05) is 19.1 Å². The van der Waals surface area contributed by atoms with Gasteiger partial charge >= 0.3 is 6.61 Å². The van der Waals surface area contributed by atoms with Crippen molar-refractivity contribution >= 4 is 29.9 Å². The third-order valence-corrected chi connectivity index (χ3v) is 4.26. The molecule has 2 aromatic carbocycles. The van der Waals surface area contributed by atoms with Gasteiger partial charge in [0.2, 0.25) is 0 Å². The second-order valence-corrected chi connectivity index (χ2v) is 6.28. The smallest absolute Gasteiger partial charge is 0.387 e. The number of para-hydroxylation sites is 1. The van der Waals surface area contributed by atoms with E-state index >= 15 is 0 Å². The molecule has 2 rings (SSSR count). The molecular formula is C22H30F2IN3O4.